The first-order valence-corrected chi connectivity index (χ1v) is 10.1. The highest BCUT2D eigenvalue weighted by molar-refractivity contribution is 7.99. The lowest BCUT2D eigenvalue weighted by Crippen LogP contribution is -2.49. The van der Waals surface area contributed by atoms with E-state index in [-0.39, 0.29) is 24.1 Å². The van der Waals surface area contributed by atoms with Crippen LogP contribution in [0.4, 0.5) is 0 Å². The van der Waals surface area contributed by atoms with Gasteiger partial charge in [0.15, 0.2) is 0 Å². The van der Waals surface area contributed by atoms with Gasteiger partial charge in [0, 0.05) is 34.7 Å². The third-order valence-corrected chi connectivity index (χ3v) is 5.46. The molecule has 2 amide bonds. The van der Waals surface area contributed by atoms with E-state index in [0.29, 0.717) is 23.3 Å². The molecule has 0 aliphatic heterocycles. The van der Waals surface area contributed by atoms with Crippen molar-refractivity contribution in [2.45, 2.75) is 37.3 Å². The topological polar surface area (TPSA) is 98.7 Å². The van der Waals surface area contributed by atoms with Gasteiger partial charge in [0.1, 0.15) is 5.75 Å². The van der Waals surface area contributed by atoms with Crippen LogP contribution in [0, 0.1) is 6.92 Å². The molecule has 0 saturated carbocycles. The van der Waals surface area contributed by atoms with Gasteiger partial charge in [0.25, 0.3) is 5.91 Å². The Kier molecular flexibility index (Phi) is 8.35. The van der Waals surface area contributed by atoms with Crippen molar-refractivity contribution < 1.29 is 19.8 Å². The lowest BCUT2D eigenvalue weighted by Gasteiger charge is -2.25. The number of carbonyl (C=O) groups is 2. The number of benzene rings is 2. The predicted molar refractivity (Wildman–Crippen MR) is 111 cm³/mol. The number of rotatable bonds is 9. The smallest absolute Gasteiger partial charge is 0.252 e. The van der Waals surface area contributed by atoms with E-state index in [1.807, 2.05) is 30.3 Å². The van der Waals surface area contributed by atoms with Crippen molar-refractivity contribution in [3.8, 4) is 5.75 Å². The summed E-state index contributed by atoms with van der Waals surface area (Å²) in [5, 5.41) is 25.9. The highest BCUT2D eigenvalue weighted by atomic mass is 32.2. The SMILES string of the molecule is CCC(=O)NCC(O)[C@H](CSc1ccccc1)NC(=O)c1cccc(O)c1C. The summed E-state index contributed by atoms with van der Waals surface area (Å²) in [4.78, 5) is 25.2. The van der Waals surface area contributed by atoms with Crippen molar-refractivity contribution >= 4 is 23.6 Å². The van der Waals surface area contributed by atoms with Crippen molar-refractivity contribution in [2.24, 2.45) is 0 Å². The van der Waals surface area contributed by atoms with E-state index in [4.69, 9.17) is 0 Å². The number of hydrogen-bond donors (Lipinski definition) is 4. The highest BCUT2D eigenvalue weighted by Crippen LogP contribution is 2.21. The first kappa shape index (κ1) is 21.8. The summed E-state index contributed by atoms with van der Waals surface area (Å²) in [6.07, 6.45) is -0.626. The molecule has 0 bridgehead atoms. The maximum Gasteiger partial charge on any atom is 0.252 e. The quantitative estimate of drug-likeness (QED) is 0.483. The van der Waals surface area contributed by atoms with E-state index in [0.717, 1.165) is 4.90 Å². The summed E-state index contributed by atoms with van der Waals surface area (Å²) in [6.45, 7) is 3.44. The van der Waals surface area contributed by atoms with Crippen molar-refractivity contribution in [1.82, 2.24) is 10.6 Å². The maximum absolute atomic E-state index is 12.7. The third kappa shape index (κ3) is 6.28. The molecule has 0 saturated heterocycles. The van der Waals surface area contributed by atoms with Crippen molar-refractivity contribution in [3.63, 3.8) is 0 Å². The molecule has 7 heteroatoms. The normalized spacial score (nSPS) is 12.8. The van der Waals surface area contributed by atoms with Crippen LogP contribution in [0.3, 0.4) is 0 Å². The van der Waals surface area contributed by atoms with E-state index in [2.05, 4.69) is 10.6 Å². The average Bonchev–Trinajstić information content (AvgIpc) is 2.71. The van der Waals surface area contributed by atoms with Gasteiger partial charge in [-0.05, 0) is 31.2 Å². The number of thioether (sulfide) groups is 1. The Morgan fingerprint density at radius 1 is 1.11 bits per heavy atom. The summed E-state index contributed by atoms with van der Waals surface area (Å²) in [5.74, 6) is -0.0771. The second-order valence-electron chi connectivity index (χ2n) is 6.38. The summed E-state index contributed by atoms with van der Waals surface area (Å²) in [6, 6.07) is 13.8. The van der Waals surface area contributed by atoms with Crippen LogP contribution in [-0.2, 0) is 4.79 Å². The van der Waals surface area contributed by atoms with Gasteiger partial charge in [-0.1, -0.05) is 31.2 Å². The largest absolute Gasteiger partial charge is 0.508 e. The van der Waals surface area contributed by atoms with Crippen LogP contribution in [-0.4, -0.2) is 46.5 Å². The molecule has 0 heterocycles. The van der Waals surface area contributed by atoms with E-state index in [1.54, 1.807) is 26.0 Å². The highest BCUT2D eigenvalue weighted by Gasteiger charge is 2.24. The fourth-order valence-electron chi connectivity index (χ4n) is 2.55. The van der Waals surface area contributed by atoms with E-state index >= 15 is 0 Å². The van der Waals surface area contributed by atoms with Gasteiger partial charge in [-0.25, -0.2) is 0 Å². The number of amides is 2. The zero-order valence-corrected chi connectivity index (χ0v) is 16.8. The molecule has 1 unspecified atom stereocenters. The molecule has 0 spiro atoms. The summed E-state index contributed by atoms with van der Waals surface area (Å²) in [7, 11) is 0. The average molecular weight is 403 g/mol. The zero-order valence-electron chi connectivity index (χ0n) is 16.0. The maximum atomic E-state index is 12.7. The zero-order chi connectivity index (χ0) is 20.5. The predicted octanol–water partition coefficient (Wildman–Crippen LogP) is 2.48. The fraction of sp³-hybridized carbons (Fsp3) is 0.333. The molecule has 2 aromatic rings. The summed E-state index contributed by atoms with van der Waals surface area (Å²) in [5.41, 5.74) is 0.822. The minimum absolute atomic E-state index is 0.0404. The van der Waals surface area contributed by atoms with Crippen LogP contribution in [0.1, 0.15) is 29.3 Å². The van der Waals surface area contributed by atoms with Gasteiger partial charge in [-0.2, -0.15) is 0 Å². The number of phenols is 1. The number of aromatic hydroxyl groups is 1. The van der Waals surface area contributed by atoms with Gasteiger partial charge in [0.05, 0.1) is 12.1 Å². The Labute approximate surface area is 169 Å². The number of nitrogens with one attached hydrogen (secondary N) is 2. The van der Waals surface area contributed by atoms with Crippen LogP contribution in [0.25, 0.3) is 0 Å². The van der Waals surface area contributed by atoms with Crippen LogP contribution in [0.5, 0.6) is 5.75 Å². The second-order valence-corrected chi connectivity index (χ2v) is 7.47. The number of phenolic OH excluding ortho intramolecular Hbond substituents is 1. The molecule has 0 radical (unpaired) electrons. The molecule has 2 aromatic carbocycles. The molecular weight excluding hydrogens is 376 g/mol. The van der Waals surface area contributed by atoms with Crippen LogP contribution in [0.15, 0.2) is 53.4 Å². The Balaban J connectivity index is 2.10. The molecule has 2 rings (SSSR count). The minimum Gasteiger partial charge on any atom is -0.508 e. The van der Waals surface area contributed by atoms with E-state index in [1.165, 1.54) is 17.8 Å². The number of hydrogen-bond acceptors (Lipinski definition) is 5. The monoisotopic (exact) mass is 402 g/mol. The molecule has 0 aromatic heterocycles. The standard InChI is InChI=1S/C21H26N2O4S/c1-3-20(26)22-12-19(25)17(13-28-15-8-5-4-6-9-15)23-21(27)16-10-7-11-18(24)14(16)2/h4-11,17,19,24-25H,3,12-13H2,1-2H3,(H,22,26)(H,23,27)/t17-,19?/m0/s1. The number of aliphatic hydroxyl groups excluding tert-OH is 1. The molecule has 2 atom stereocenters. The molecule has 6 nitrogen and oxygen atoms in total. The Bertz CT molecular complexity index is 798. The lowest BCUT2D eigenvalue weighted by atomic mass is 10.1. The molecule has 0 aliphatic carbocycles. The van der Waals surface area contributed by atoms with Crippen LogP contribution in [0.2, 0.25) is 0 Å². The molecule has 0 aliphatic rings. The number of aliphatic hydroxyl groups is 1. The van der Waals surface area contributed by atoms with Gasteiger partial charge < -0.3 is 20.8 Å². The van der Waals surface area contributed by atoms with Crippen LogP contribution >= 0.6 is 11.8 Å². The van der Waals surface area contributed by atoms with E-state index < -0.39 is 12.1 Å². The van der Waals surface area contributed by atoms with Gasteiger partial charge in [0.2, 0.25) is 5.91 Å². The third-order valence-electron chi connectivity index (χ3n) is 4.33. The van der Waals surface area contributed by atoms with Crippen LogP contribution < -0.4 is 10.6 Å². The summed E-state index contributed by atoms with van der Waals surface area (Å²) < 4.78 is 0. The molecular formula is C21H26N2O4S. The molecule has 28 heavy (non-hydrogen) atoms. The first-order chi connectivity index (χ1) is 13.4. The Morgan fingerprint density at radius 2 is 1.82 bits per heavy atom. The number of carbonyl (C=O) groups excluding carboxylic acids is 2. The summed E-state index contributed by atoms with van der Waals surface area (Å²) >= 11 is 1.50. The van der Waals surface area contributed by atoms with Gasteiger partial charge in [-0.3, -0.25) is 9.59 Å². The Morgan fingerprint density at radius 3 is 2.50 bits per heavy atom. The first-order valence-electron chi connectivity index (χ1n) is 9.14. The molecule has 4 N–H and O–H groups in total. The Hall–Kier alpha value is -2.51. The second kappa shape index (κ2) is 10.7. The van der Waals surface area contributed by atoms with E-state index in [9.17, 15) is 19.8 Å². The van der Waals surface area contributed by atoms with Crippen molar-refractivity contribution in [1.29, 1.82) is 0 Å². The molecule has 150 valence electrons. The lowest BCUT2D eigenvalue weighted by molar-refractivity contribution is -0.121. The minimum atomic E-state index is -0.951. The van der Waals surface area contributed by atoms with Gasteiger partial charge in [-0.15, -0.1) is 11.8 Å². The van der Waals surface area contributed by atoms with Crippen molar-refractivity contribution in [3.05, 3.63) is 59.7 Å². The molecule has 0 fully saturated rings. The van der Waals surface area contributed by atoms with Gasteiger partial charge >= 0.3 is 0 Å². The fourth-order valence-corrected chi connectivity index (χ4v) is 3.58. The van der Waals surface area contributed by atoms with Crippen molar-refractivity contribution in [2.75, 3.05) is 12.3 Å².